The van der Waals surface area contributed by atoms with Gasteiger partial charge in [-0.3, -0.25) is 9.69 Å². The minimum atomic E-state index is 0.00634. The lowest BCUT2D eigenvalue weighted by atomic mass is 10.2. The van der Waals surface area contributed by atoms with Crippen LogP contribution in [0.4, 0.5) is 11.4 Å². The molecule has 5 nitrogen and oxygen atoms in total. The number of hydrogen-bond acceptors (Lipinski definition) is 5. The molecule has 0 aliphatic carbocycles. The van der Waals surface area contributed by atoms with Gasteiger partial charge in [-0.15, -0.1) is 0 Å². The number of hydrogen-bond donors (Lipinski definition) is 1. The van der Waals surface area contributed by atoms with E-state index in [1.54, 1.807) is 11.3 Å². The molecule has 1 saturated heterocycles. The number of benzene rings is 1. The number of carbonyl (C=O) groups excluding carboxylic acids is 1. The Hall–Kier alpha value is -1.89. The smallest absolute Gasteiger partial charge is 0.238 e. The number of amides is 1. The van der Waals surface area contributed by atoms with Crippen molar-refractivity contribution in [3.05, 3.63) is 46.7 Å². The van der Waals surface area contributed by atoms with Crippen LogP contribution in [0.3, 0.4) is 0 Å². The summed E-state index contributed by atoms with van der Waals surface area (Å²) in [5, 5.41) is 7.13. The minimum Gasteiger partial charge on any atom is -0.378 e. The highest BCUT2D eigenvalue weighted by Crippen LogP contribution is 2.19. The van der Waals surface area contributed by atoms with Crippen molar-refractivity contribution < 1.29 is 9.53 Å². The molecule has 1 aromatic carbocycles. The molecule has 2 aromatic rings. The van der Waals surface area contributed by atoms with E-state index in [2.05, 4.69) is 39.2 Å². The molecule has 0 spiro atoms. The average molecular weight is 345 g/mol. The summed E-state index contributed by atoms with van der Waals surface area (Å²) in [5.74, 6) is 0.00634. The van der Waals surface area contributed by atoms with Gasteiger partial charge in [0.25, 0.3) is 0 Å². The highest BCUT2D eigenvalue weighted by Gasteiger charge is 2.12. The maximum absolute atomic E-state index is 12.2. The lowest BCUT2D eigenvalue weighted by Gasteiger charge is -2.28. The lowest BCUT2D eigenvalue weighted by Crippen LogP contribution is -2.36. The van der Waals surface area contributed by atoms with Crippen LogP contribution >= 0.6 is 11.3 Å². The van der Waals surface area contributed by atoms with Crippen molar-refractivity contribution in [1.82, 2.24) is 4.90 Å². The maximum atomic E-state index is 12.2. The van der Waals surface area contributed by atoms with Gasteiger partial charge in [0.05, 0.1) is 19.8 Å². The first-order valence-electron chi connectivity index (χ1n) is 8.13. The quantitative estimate of drug-likeness (QED) is 0.874. The Morgan fingerprint density at radius 3 is 2.67 bits per heavy atom. The molecule has 0 unspecified atom stereocenters. The van der Waals surface area contributed by atoms with Gasteiger partial charge in [0.15, 0.2) is 0 Å². The van der Waals surface area contributed by atoms with Gasteiger partial charge < -0.3 is 15.0 Å². The zero-order valence-electron chi connectivity index (χ0n) is 13.9. The Kier molecular flexibility index (Phi) is 5.85. The second-order valence-corrected chi connectivity index (χ2v) is 6.78. The summed E-state index contributed by atoms with van der Waals surface area (Å²) in [5.41, 5.74) is 3.25. The Morgan fingerprint density at radius 1 is 1.25 bits per heavy atom. The van der Waals surface area contributed by atoms with Crippen LogP contribution in [0.15, 0.2) is 41.1 Å². The van der Waals surface area contributed by atoms with Crippen LogP contribution < -0.4 is 10.2 Å². The molecule has 24 heavy (non-hydrogen) atoms. The summed E-state index contributed by atoms with van der Waals surface area (Å²) < 4.78 is 5.37. The largest absolute Gasteiger partial charge is 0.378 e. The van der Waals surface area contributed by atoms with Gasteiger partial charge in [0.2, 0.25) is 5.91 Å². The fraction of sp³-hybridized carbons (Fsp3) is 0.389. The predicted molar refractivity (Wildman–Crippen MR) is 98.8 cm³/mol. The zero-order chi connectivity index (χ0) is 16.8. The van der Waals surface area contributed by atoms with Crippen LogP contribution in [0.1, 0.15) is 5.56 Å². The number of likely N-dealkylation sites (N-methyl/N-ethyl adjacent to an activating group) is 1. The molecule has 3 rings (SSSR count). The van der Waals surface area contributed by atoms with Crippen LogP contribution in [-0.2, 0) is 16.1 Å². The monoisotopic (exact) mass is 345 g/mol. The molecule has 0 bridgehead atoms. The first-order chi connectivity index (χ1) is 11.7. The van der Waals surface area contributed by atoms with Gasteiger partial charge in [-0.05, 0) is 53.7 Å². The standard InChI is InChI=1S/C18H23N3O2S/c1-20(12-15-6-11-24-14-15)13-18(22)19-16-2-4-17(5-3-16)21-7-9-23-10-8-21/h2-6,11,14H,7-10,12-13H2,1H3,(H,19,22). The van der Waals surface area contributed by atoms with E-state index in [-0.39, 0.29) is 5.91 Å². The Bertz CT molecular complexity index is 637. The first-order valence-corrected chi connectivity index (χ1v) is 9.07. The van der Waals surface area contributed by atoms with Gasteiger partial charge in [-0.2, -0.15) is 11.3 Å². The van der Waals surface area contributed by atoms with Gasteiger partial charge in [0, 0.05) is 31.0 Å². The topological polar surface area (TPSA) is 44.8 Å². The Labute approximate surface area is 146 Å². The van der Waals surface area contributed by atoms with Crippen molar-refractivity contribution >= 4 is 28.6 Å². The molecule has 1 N–H and O–H groups in total. The lowest BCUT2D eigenvalue weighted by molar-refractivity contribution is -0.117. The molecule has 0 radical (unpaired) electrons. The second kappa shape index (κ2) is 8.28. The summed E-state index contributed by atoms with van der Waals surface area (Å²) in [7, 11) is 1.96. The highest BCUT2D eigenvalue weighted by atomic mass is 32.1. The fourth-order valence-corrected chi connectivity index (χ4v) is 3.43. The van der Waals surface area contributed by atoms with Crippen molar-refractivity contribution in [3.63, 3.8) is 0 Å². The molecule has 1 fully saturated rings. The van der Waals surface area contributed by atoms with E-state index in [0.717, 1.165) is 38.5 Å². The molecular weight excluding hydrogens is 322 g/mol. The molecule has 128 valence electrons. The number of carbonyl (C=O) groups is 1. The van der Waals surface area contributed by atoms with Crippen LogP contribution in [0, 0.1) is 0 Å². The normalized spacial score (nSPS) is 14.8. The van der Waals surface area contributed by atoms with Crippen LogP contribution in [0.25, 0.3) is 0 Å². The summed E-state index contributed by atoms with van der Waals surface area (Å²) in [6, 6.07) is 10.1. The van der Waals surface area contributed by atoms with Crippen molar-refractivity contribution in [2.45, 2.75) is 6.54 Å². The molecule has 1 aliphatic heterocycles. The number of nitrogens with one attached hydrogen (secondary N) is 1. The summed E-state index contributed by atoms with van der Waals surface area (Å²) in [4.78, 5) is 16.5. The molecule has 2 heterocycles. The molecular formula is C18H23N3O2S. The molecule has 6 heteroatoms. The predicted octanol–water partition coefficient (Wildman–Crippen LogP) is 2.66. The summed E-state index contributed by atoms with van der Waals surface area (Å²) in [6.07, 6.45) is 0. The van der Waals surface area contributed by atoms with Crippen molar-refractivity contribution in [2.75, 3.05) is 50.1 Å². The molecule has 1 aliphatic rings. The number of thiophene rings is 1. The van der Waals surface area contributed by atoms with Gasteiger partial charge in [0.1, 0.15) is 0 Å². The Morgan fingerprint density at radius 2 is 2.00 bits per heavy atom. The van der Waals surface area contributed by atoms with Gasteiger partial charge >= 0.3 is 0 Å². The van der Waals surface area contributed by atoms with Crippen molar-refractivity contribution in [2.24, 2.45) is 0 Å². The van der Waals surface area contributed by atoms with E-state index in [1.165, 1.54) is 11.3 Å². The van der Waals surface area contributed by atoms with E-state index in [4.69, 9.17) is 4.74 Å². The SMILES string of the molecule is CN(CC(=O)Nc1ccc(N2CCOCC2)cc1)Cc1ccsc1. The van der Waals surface area contributed by atoms with Crippen molar-refractivity contribution in [1.29, 1.82) is 0 Å². The highest BCUT2D eigenvalue weighted by molar-refractivity contribution is 7.07. The number of nitrogens with zero attached hydrogens (tertiary/aromatic N) is 2. The number of ether oxygens (including phenoxy) is 1. The fourth-order valence-electron chi connectivity index (χ4n) is 2.77. The van der Waals surface area contributed by atoms with Crippen LogP contribution in [0.2, 0.25) is 0 Å². The third-order valence-corrected chi connectivity index (χ3v) is 4.71. The van der Waals surface area contributed by atoms with Crippen LogP contribution in [0.5, 0.6) is 0 Å². The number of anilines is 2. The van der Waals surface area contributed by atoms with E-state index in [1.807, 2.05) is 24.1 Å². The molecule has 1 amide bonds. The van der Waals surface area contributed by atoms with E-state index in [0.29, 0.717) is 6.54 Å². The average Bonchev–Trinajstić information content (AvgIpc) is 3.09. The van der Waals surface area contributed by atoms with Crippen molar-refractivity contribution in [3.8, 4) is 0 Å². The van der Waals surface area contributed by atoms with Gasteiger partial charge in [-0.1, -0.05) is 0 Å². The molecule has 0 atom stereocenters. The second-order valence-electron chi connectivity index (χ2n) is 6.00. The number of rotatable bonds is 6. The van der Waals surface area contributed by atoms with E-state index < -0.39 is 0 Å². The van der Waals surface area contributed by atoms with Gasteiger partial charge in [-0.25, -0.2) is 0 Å². The van der Waals surface area contributed by atoms with Crippen LogP contribution in [-0.4, -0.2) is 50.7 Å². The minimum absolute atomic E-state index is 0.00634. The first kappa shape index (κ1) is 17.0. The molecule has 1 aromatic heterocycles. The third kappa shape index (κ3) is 4.80. The van der Waals surface area contributed by atoms with E-state index >= 15 is 0 Å². The third-order valence-electron chi connectivity index (χ3n) is 3.97. The van der Waals surface area contributed by atoms with E-state index in [9.17, 15) is 4.79 Å². The molecule has 0 saturated carbocycles. The zero-order valence-corrected chi connectivity index (χ0v) is 14.7. The number of morpholine rings is 1. The maximum Gasteiger partial charge on any atom is 0.238 e. The summed E-state index contributed by atoms with van der Waals surface area (Å²) in [6.45, 7) is 4.54. The summed E-state index contributed by atoms with van der Waals surface area (Å²) >= 11 is 1.68. The Balaban J connectivity index is 1.48.